The molecule has 118 valence electrons. The van der Waals surface area contributed by atoms with E-state index >= 15 is 0 Å². The number of aromatic nitrogens is 5. The zero-order chi connectivity index (χ0) is 16.4. The zero-order valence-corrected chi connectivity index (χ0v) is 12.9. The van der Waals surface area contributed by atoms with Gasteiger partial charge in [0.1, 0.15) is 5.69 Å². The number of nitrogens with one attached hydrogen (secondary N) is 1. The summed E-state index contributed by atoms with van der Waals surface area (Å²) >= 11 is 0. The third-order valence-corrected chi connectivity index (χ3v) is 3.90. The molecule has 0 aliphatic heterocycles. The molecule has 0 unspecified atom stereocenters. The first-order chi connectivity index (χ1) is 11.8. The molecule has 1 aromatic carbocycles. The summed E-state index contributed by atoms with van der Waals surface area (Å²) in [4.78, 5) is 16.4. The highest BCUT2D eigenvalue weighted by molar-refractivity contribution is 5.81. The molecule has 0 bridgehead atoms. The second-order valence-electron chi connectivity index (χ2n) is 5.46. The topological polar surface area (TPSA) is 76.5 Å². The van der Waals surface area contributed by atoms with Gasteiger partial charge in [-0.3, -0.25) is 14.9 Å². The lowest BCUT2D eigenvalue weighted by atomic mass is 10.2. The molecule has 0 saturated carbocycles. The van der Waals surface area contributed by atoms with Crippen molar-refractivity contribution in [1.82, 2.24) is 25.0 Å². The van der Waals surface area contributed by atoms with E-state index in [0.29, 0.717) is 18.7 Å². The van der Waals surface area contributed by atoms with Gasteiger partial charge in [0.2, 0.25) is 0 Å². The number of hydrogen-bond donors (Lipinski definition) is 1. The number of fused-ring (bicyclic) bond motifs is 1. The second-order valence-corrected chi connectivity index (χ2v) is 5.46. The van der Waals surface area contributed by atoms with Crippen LogP contribution >= 0.6 is 0 Å². The highest BCUT2D eigenvalue weighted by Crippen LogP contribution is 2.16. The minimum Gasteiger partial charge on any atom is -0.278 e. The summed E-state index contributed by atoms with van der Waals surface area (Å²) in [7, 11) is 0. The van der Waals surface area contributed by atoms with Gasteiger partial charge >= 0.3 is 0 Å². The first-order valence-corrected chi connectivity index (χ1v) is 7.73. The number of rotatable bonds is 4. The minimum absolute atomic E-state index is 0.130. The molecular weight excluding hydrogens is 302 g/mol. The third-order valence-electron chi connectivity index (χ3n) is 3.90. The van der Waals surface area contributed by atoms with Gasteiger partial charge in [-0.2, -0.15) is 10.2 Å². The van der Waals surface area contributed by atoms with Crippen molar-refractivity contribution in [1.29, 1.82) is 0 Å². The van der Waals surface area contributed by atoms with Crippen molar-refractivity contribution in [2.75, 3.05) is 0 Å². The van der Waals surface area contributed by atoms with E-state index in [1.165, 1.54) is 10.7 Å². The maximum absolute atomic E-state index is 12.1. The van der Waals surface area contributed by atoms with Crippen molar-refractivity contribution in [3.8, 4) is 11.4 Å². The standard InChI is InChI=1S/C18H15N5O/c24-18-9-8-17(16-7-3-4-11-19-16)22-23(18)12-10-15-13-5-1-2-6-14(13)20-21-15/h1-9,11H,10,12H2,(H,20,21). The molecular formula is C18H15N5O. The van der Waals surface area contributed by atoms with Crippen LogP contribution in [-0.4, -0.2) is 25.0 Å². The van der Waals surface area contributed by atoms with Gasteiger partial charge < -0.3 is 0 Å². The van der Waals surface area contributed by atoms with Crippen LogP contribution in [0.4, 0.5) is 0 Å². The molecule has 0 radical (unpaired) electrons. The van der Waals surface area contributed by atoms with Crippen molar-refractivity contribution < 1.29 is 0 Å². The van der Waals surface area contributed by atoms with E-state index in [1.54, 1.807) is 12.3 Å². The van der Waals surface area contributed by atoms with Crippen molar-refractivity contribution in [3.63, 3.8) is 0 Å². The molecule has 0 aliphatic rings. The normalized spacial score (nSPS) is 11.0. The van der Waals surface area contributed by atoms with E-state index in [2.05, 4.69) is 20.3 Å². The van der Waals surface area contributed by atoms with Crippen LogP contribution in [0.15, 0.2) is 65.6 Å². The molecule has 1 N–H and O–H groups in total. The van der Waals surface area contributed by atoms with Crippen molar-refractivity contribution in [2.24, 2.45) is 0 Å². The SMILES string of the molecule is O=c1ccc(-c2ccccn2)nn1CCc1n[nH]c2ccccc12. The van der Waals surface area contributed by atoms with E-state index in [4.69, 9.17) is 0 Å². The average molecular weight is 317 g/mol. The fourth-order valence-corrected chi connectivity index (χ4v) is 2.68. The lowest BCUT2D eigenvalue weighted by Crippen LogP contribution is -2.23. The number of benzene rings is 1. The van der Waals surface area contributed by atoms with E-state index in [1.807, 2.05) is 42.5 Å². The fraction of sp³-hybridized carbons (Fsp3) is 0.111. The van der Waals surface area contributed by atoms with Crippen LogP contribution in [-0.2, 0) is 13.0 Å². The number of hydrogen-bond acceptors (Lipinski definition) is 4. The Balaban J connectivity index is 1.61. The van der Waals surface area contributed by atoms with Gasteiger partial charge in [0, 0.05) is 24.1 Å². The van der Waals surface area contributed by atoms with Crippen LogP contribution in [0, 0.1) is 0 Å². The molecule has 0 atom stereocenters. The van der Waals surface area contributed by atoms with Gasteiger partial charge in [0.25, 0.3) is 5.56 Å². The Labute approximate surface area is 137 Å². The van der Waals surface area contributed by atoms with Gasteiger partial charge in [-0.25, -0.2) is 4.68 Å². The van der Waals surface area contributed by atoms with Crippen LogP contribution in [0.1, 0.15) is 5.69 Å². The van der Waals surface area contributed by atoms with Crippen LogP contribution in [0.3, 0.4) is 0 Å². The summed E-state index contributed by atoms with van der Waals surface area (Å²) < 4.78 is 1.47. The number of aromatic amines is 1. The van der Waals surface area contributed by atoms with Gasteiger partial charge in [-0.15, -0.1) is 0 Å². The highest BCUT2D eigenvalue weighted by atomic mass is 16.1. The Morgan fingerprint density at radius 3 is 2.71 bits per heavy atom. The predicted octanol–water partition coefficient (Wildman–Crippen LogP) is 2.42. The van der Waals surface area contributed by atoms with E-state index in [9.17, 15) is 4.79 Å². The number of aryl methyl sites for hydroxylation is 2. The summed E-state index contributed by atoms with van der Waals surface area (Å²) in [5.41, 5.74) is 3.23. The molecule has 0 spiro atoms. The Bertz CT molecular complexity index is 1040. The largest absolute Gasteiger partial charge is 0.278 e. The van der Waals surface area contributed by atoms with Crippen LogP contribution in [0.2, 0.25) is 0 Å². The summed E-state index contributed by atoms with van der Waals surface area (Å²) in [5.74, 6) is 0. The molecule has 6 nitrogen and oxygen atoms in total. The molecule has 4 aromatic rings. The second kappa shape index (κ2) is 6.08. The average Bonchev–Trinajstić information content (AvgIpc) is 3.05. The van der Waals surface area contributed by atoms with Gasteiger partial charge in [0.05, 0.1) is 23.4 Å². The summed E-state index contributed by atoms with van der Waals surface area (Å²) in [6, 6.07) is 16.8. The maximum atomic E-state index is 12.1. The molecule has 3 aromatic heterocycles. The van der Waals surface area contributed by atoms with Crippen LogP contribution in [0.5, 0.6) is 0 Å². The molecule has 0 aliphatic carbocycles. The number of nitrogens with zero attached hydrogens (tertiary/aromatic N) is 4. The quantitative estimate of drug-likeness (QED) is 0.627. The minimum atomic E-state index is -0.130. The van der Waals surface area contributed by atoms with Crippen molar-refractivity contribution >= 4 is 10.9 Å². The Morgan fingerprint density at radius 2 is 1.83 bits per heavy atom. The first kappa shape index (κ1) is 14.3. The predicted molar refractivity (Wildman–Crippen MR) is 91.5 cm³/mol. The molecule has 6 heteroatoms. The lowest BCUT2D eigenvalue weighted by Gasteiger charge is -2.06. The molecule has 3 heterocycles. The molecule has 4 rings (SSSR count). The summed E-state index contributed by atoms with van der Waals surface area (Å²) in [6.07, 6.45) is 2.34. The fourth-order valence-electron chi connectivity index (χ4n) is 2.68. The van der Waals surface area contributed by atoms with E-state index in [-0.39, 0.29) is 5.56 Å². The lowest BCUT2D eigenvalue weighted by molar-refractivity contribution is 0.576. The maximum Gasteiger partial charge on any atom is 0.266 e. The molecule has 0 amide bonds. The van der Waals surface area contributed by atoms with E-state index in [0.717, 1.165) is 22.3 Å². The van der Waals surface area contributed by atoms with Crippen molar-refractivity contribution in [3.05, 3.63) is 76.8 Å². The molecule has 24 heavy (non-hydrogen) atoms. The Kier molecular flexibility index (Phi) is 3.63. The summed E-state index contributed by atoms with van der Waals surface area (Å²) in [5, 5.41) is 12.8. The van der Waals surface area contributed by atoms with Crippen LogP contribution < -0.4 is 5.56 Å². The van der Waals surface area contributed by atoms with Gasteiger partial charge in [-0.05, 0) is 24.3 Å². The molecule has 0 saturated heterocycles. The molecule has 0 fully saturated rings. The van der Waals surface area contributed by atoms with Gasteiger partial charge in [-0.1, -0.05) is 24.3 Å². The zero-order valence-electron chi connectivity index (χ0n) is 12.9. The Hall–Kier alpha value is -3.28. The smallest absolute Gasteiger partial charge is 0.266 e. The highest BCUT2D eigenvalue weighted by Gasteiger charge is 2.08. The first-order valence-electron chi connectivity index (χ1n) is 7.73. The number of para-hydroxylation sites is 1. The number of H-pyrrole nitrogens is 1. The third kappa shape index (κ3) is 2.69. The number of pyridine rings is 1. The monoisotopic (exact) mass is 317 g/mol. The Morgan fingerprint density at radius 1 is 0.958 bits per heavy atom. The van der Waals surface area contributed by atoms with E-state index < -0.39 is 0 Å². The van der Waals surface area contributed by atoms with Crippen LogP contribution in [0.25, 0.3) is 22.3 Å². The van der Waals surface area contributed by atoms with Gasteiger partial charge in [0.15, 0.2) is 0 Å². The summed E-state index contributed by atoms with van der Waals surface area (Å²) in [6.45, 7) is 0.467. The van der Waals surface area contributed by atoms with Crippen molar-refractivity contribution in [2.45, 2.75) is 13.0 Å².